The molecule has 0 amide bonds. The number of aliphatic hydroxyl groups excluding tert-OH is 1. The Kier molecular flexibility index (Phi) is 4.40. The van der Waals surface area contributed by atoms with Crippen LogP contribution in [0, 0.1) is 15.9 Å². The van der Waals surface area contributed by atoms with Gasteiger partial charge in [-0.15, -0.1) is 0 Å². The van der Waals surface area contributed by atoms with Crippen molar-refractivity contribution in [2.75, 3.05) is 0 Å². The minimum atomic E-state index is -0.937. The number of nitro groups is 1. The van der Waals surface area contributed by atoms with Crippen LogP contribution in [-0.4, -0.2) is 10.0 Å². The second-order valence-corrected chi connectivity index (χ2v) is 4.74. The van der Waals surface area contributed by atoms with E-state index in [2.05, 4.69) is 0 Å². The van der Waals surface area contributed by atoms with E-state index in [9.17, 15) is 19.6 Å². The summed E-state index contributed by atoms with van der Waals surface area (Å²) in [4.78, 5) is 10.1. The van der Waals surface area contributed by atoms with E-state index < -0.39 is 16.8 Å². The molecule has 0 saturated carbocycles. The molecule has 0 bridgehead atoms. The minimum Gasteiger partial charge on any atom is -0.455 e. The number of rotatable bonds is 4. The molecule has 0 fully saturated rings. The Morgan fingerprint density at radius 2 is 1.95 bits per heavy atom. The average molecular weight is 312 g/mol. The Morgan fingerprint density at radius 3 is 2.52 bits per heavy atom. The molecule has 7 heteroatoms. The monoisotopic (exact) mass is 311 g/mol. The maximum atomic E-state index is 13.2. The Hall–Kier alpha value is -2.18. The molecular weight excluding hydrogens is 301 g/mol. The molecule has 2 aromatic carbocycles. The Balaban J connectivity index is 2.36. The summed E-state index contributed by atoms with van der Waals surface area (Å²) in [6.07, 6.45) is -0.937. The van der Waals surface area contributed by atoms with Gasteiger partial charge in [0.15, 0.2) is 0 Å². The summed E-state index contributed by atoms with van der Waals surface area (Å²) in [5.41, 5.74) is 0.0895. The van der Waals surface area contributed by atoms with E-state index in [0.717, 1.165) is 12.1 Å². The molecule has 0 aliphatic rings. The van der Waals surface area contributed by atoms with E-state index in [1.807, 2.05) is 0 Å². The Bertz CT molecular complexity index is 691. The summed E-state index contributed by atoms with van der Waals surface area (Å²) < 4.78 is 18.7. The zero-order valence-electron chi connectivity index (χ0n) is 10.9. The first-order valence-electron chi connectivity index (χ1n) is 5.98. The van der Waals surface area contributed by atoms with Crippen molar-refractivity contribution in [2.45, 2.75) is 13.0 Å². The van der Waals surface area contributed by atoms with Gasteiger partial charge in [-0.1, -0.05) is 11.6 Å². The molecule has 1 atom stereocenters. The maximum Gasteiger partial charge on any atom is 0.271 e. The number of hydrogen-bond acceptors (Lipinski definition) is 4. The van der Waals surface area contributed by atoms with E-state index in [4.69, 9.17) is 16.3 Å². The van der Waals surface area contributed by atoms with Crippen LogP contribution in [0.25, 0.3) is 0 Å². The van der Waals surface area contributed by atoms with Gasteiger partial charge in [0.1, 0.15) is 17.3 Å². The van der Waals surface area contributed by atoms with Gasteiger partial charge in [-0.3, -0.25) is 10.1 Å². The quantitative estimate of drug-likeness (QED) is 0.677. The number of nitrogens with zero attached hydrogens (tertiary/aromatic N) is 1. The van der Waals surface area contributed by atoms with Gasteiger partial charge in [-0.05, 0) is 31.2 Å². The lowest BCUT2D eigenvalue weighted by Crippen LogP contribution is -1.98. The standard InChI is InChI=1S/C14H11ClFNO4/c1-8(18)11-6-9(16)2-4-13(11)21-14-5-3-10(17(19)20)7-12(14)15/h2-8,18H,1H3. The van der Waals surface area contributed by atoms with Crippen LogP contribution >= 0.6 is 11.6 Å². The van der Waals surface area contributed by atoms with Gasteiger partial charge >= 0.3 is 0 Å². The number of halogens is 2. The third kappa shape index (κ3) is 3.48. The Morgan fingerprint density at radius 1 is 1.29 bits per heavy atom. The molecule has 2 rings (SSSR count). The molecule has 1 N–H and O–H groups in total. The summed E-state index contributed by atoms with van der Waals surface area (Å²) in [6.45, 7) is 1.47. The molecule has 0 aliphatic heterocycles. The zero-order chi connectivity index (χ0) is 15.6. The second-order valence-electron chi connectivity index (χ2n) is 4.33. The van der Waals surface area contributed by atoms with Crippen LogP contribution in [0.4, 0.5) is 10.1 Å². The van der Waals surface area contributed by atoms with Crippen molar-refractivity contribution in [3.8, 4) is 11.5 Å². The van der Waals surface area contributed by atoms with Crippen molar-refractivity contribution < 1.29 is 19.2 Å². The van der Waals surface area contributed by atoms with Gasteiger partial charge in [0.05, 0.1) is 16.0 Å². The minimum absolute atomic E-state index is 0.0464. The van der Waals surface area contributed by atoms with Crippen molar-refractivity contribution in [2.24, 2.45) is 0 Å². The summed E-state index contributed by atoms with van der Waals surface area (Å²) >= 11 is 5.92. The molecule has 21 heavy (non-hydrogen) atoms. The van der Waals surface area contributed by atoms with E-state index in [1.165, 1.54) is 31.2 Å². The van der Waals surface area contributed by atoms with Crippen LogP contribution in [-0.2, 0) is 0 Å². The molecule has 110 valence electrons. The fraction of sp³-hybridized carbons (Fsp3) is 0.143. The molecule has 0 spiro atoms. The number of hydrogen-bond donors (Lipinski definition) is 1. The van der Waals surface area contributed by atoms with Crippen LogP contribution in [0.1, 0.15) is 18.6 Å². The molecule has 0 aliphatic carbocycles. The van der Waals surface area contributed by atoms with E-state index in [0.29, 0.717) is 0 Å². The Labute approximate surface area is 124 Å². The SMILES string of the molecule is CC(O)c1cc(F)ccc1Oc1ccc([N+](=O)[O-])cc1Cl. The highest BCUT2D eigenvalue weighted by molar-refractivity contribution is 6.32. The predicted octanol–water partition coefficient (Wildman–Crippen LogP) is 4.23. The summed E-state index contributed by atoms with van der Waals surface area (Å²) in [5, 5.41) is 20.3. The number of non-ortho nitro benzene ring substituents is 1. The van der Waals surface area contributed by atoms with Crippen molar-refractivity contribution in [3.63, 3.8) is 0 Å². The first kappa shape index (κ1) is 15.2. The van der Waals surface area contributed by atoms with Gasteiger partial charge in [-0.2, -0.15) is 0 Å². The molecule has 5 nitrogen and oxygen atoms in total. The fourth-order valence-corrected chi connectivity index (χ4v) is 1.96. The molecule has 2 aromatic rings. The largest absolute Gasteiger partial charge is 0.455 e. The maximum absolute atomic E-state index is 13.2. The molecule has 0 saturated heterocycles. The number of benzene rings is 2. The summed E-state index contributed by atoms with van der Waals surface area (Å²) in [7, 11) is 0. The third-order valence-corrected chi connectivity index (χ3v) is 3.06. The van der Waals surface area contributed by atoms with Crippen molar-refractivity contribution in [1.29, 1.82) is 0 Å². The number of aliphatic hydroxyl groups is 1. The highest BCUT2D eigenvalue weighted by atomic mass is 35.5. The van der Waals surface area contributed by atoms with Gasteiger partial charge in [0.25, 0.3) is 5.69 Å². The average Bonchev–Trinajstić information content (AvgIpc) is 2.42. The first-order chi connectivity index (χ1) is 9.88. The lowest BCUT2D eigenvalue weighted by molar-refractivity contribution is -0.384. The van der Waals surface area contributed by atoms with E-state index >= 15 is 0 Å². The lowest BCUT2D eigenvalue weighted by atomic mass is 10.1. The smallest absolute Gasteiger partial charge is 0.271 e. The van der Waals surface area contributed by atoms with Gasteiger partial charge in [0, 0.05) is 17.7 Å². The first-order valence-corrected chi connectivity index (χ1v) is 6.35. The normalized spacial score (nSPS) is 12.0. The highest BCUT2D eigenvalue weighted by Gasteiger charge is 2.15. The molecule has 0 radical (unpaired) electrons. The number of ether oxygens (including phenoxy) is 1. The van der Waals surface area contributed by atoms with Gasteiger partial charge < -0.3 is 9.84 Å². The number of nitro benzene ring substituents is 1. The predicted molar refractivity (Wildman–Crippen MR) is 75.2 cm³/mol. The lowest BCUT2D eigenvalue weighted by Gasteiger charge is -2.14. The van der Waals surface area contributed by atoms with Crippen molar-refractivity contribution in [1.82, 2.24) is 0 Å². The molecule has 1 unspecified atom stereocenters. The van der Waals surface area contributed by atoms with Crippen LogP contribution < -0.4 is 4.74 Å². The van der Waals surface area contributed by atoms with Gasteiger partial charge in [-0.25, -0.2) is 4.39 Å². The van der Waals surface area contributed by atoms with Crippen LogP contribution in [0.5, 0.6) is 11.5 Å². The molecular formula is C14H11ClFNO4. The van der Waals surface area contributed by atoms with Gasteiger partial charge in [0.2, 0.25) is 0 Å². The van der Waals surface area contributed by atoms with Crippen LogP contribution in [0.2, 0.25) is 5.02 Å². The van der Waals surface area contributed by atoms with Crippen molar-refractivity contribution in [3.05, 3.63) is 62.9 Å². The van der Waals surface area contributed by atoms with Crippen LogP contribution in [0.3, 0.4) is 0 Å². The molecule has 0 aromatic heterocycles. The fourth-order valence-electron chi connectivity index (χ4n) is 1.74. The highest BCUT2D eigenvalue weighted by Crippen LogP contribution is 2.35. The topological polar surface area (TPSA) is 72.6 Å². The van der Waals surface area contributed by atoms with E-state index in [1.54, 1.807) is 0 Å². The summed E-state index contributed by atoms with van der Waals surface area (Å²) in [5.74, 6) is -0.106. The van der Waals surface area contributed by atoms with Crippen molar-refractivity contribution >= 4 is 17.3 Å². The second kappa shape index (κ2) is 6.07. The van der Waals surface area contributed by atoms with E-state index in [-0.39, 0.29) is 27.8 Å². The third-order valence-electron chi connectivity index (χ3n) is 2.77. The zero-order valence-corrected chi connectivity index (χ0v) is 11.7. The summed E-state index contributed by atoms with van der Waals surface area (Å²) in [6, 6.07) is 7.43. The molecule has 0 heterocycles. The van der Waals surface area contributed by atoms with Crippen LogP contribution in [0.15, 0.2) is 36.4 Å².